The van der Waals surface area contributed by atoms with Crippen molar-refractivity contribution in [2.45, 2.75) is 0 Å². The molecule has 0 bridgehead atoms. The van der Waals surface area contributed by atoms with Crippen molar-refractivity contribution < 1.29 is 8.42 Å². The summed E-state index contributed by atoms with van der Waals surface area (Å²) in [6.45, 7) is 3.34. The Bertz CT molecular complexity index is 142. The minimum absolute atomic E-state index is 0.465. The Morgan fingerprint density at radius 1 is 1.44 bits per heavy atom. The van der Waals surface area contributed by atoms with Crippen LogP contribution in [-0.4, -0.2) is 26.2 Å². The predicted octanol–water partition coefficient (Wildman–Crippen LogP) is 0.257. The Kier molecular flexibility index (Phi) is 4.90. The molecule has 54 valence electrons. The molecule has 0 aliphatic rings. The molecular weight excluding hydrogens is 156 g/mol. The summed E-state index contributed by atoms with van der Waals surface area (Å²) >= 11 is 0. The maximum Gasteiger partial charge on any atom is 0.0459 e. The maximum absolute atomic E-state index is 10.6. The van der Waals surface area contributed by atoms with E-state index in [1.165, 1.54) is 5.41 Å². The molecule has 0 amide bonds. The topological polar surface area (TPSA) is 34.1 Å². The van der Waals surface area contributed by atoms with Gasteiger partial charge in [-0.05, 0) is 5.41 Å². The fourth-order valence-electron chi connectivity index (χ4n) is 0.283. The van der Waals surface area contributed by atoms with Crippen molar-refractivity contribution in [2.75, 3.05) is 17.8 Å². The molecular formula is C5H10O2S2. The van der Waals surface area contributed by atoms with Crippen molar-refractivity contribution >= 4 is 21.6 Å². The van der Waals surface area contributed by atoms with Crippen molar-refractivity contribution in [3.05, 3.63) is 12.0 Å². The summed E-state index contributed by atoms with van der Waals surface area (Å²) in [6.07, 6.45) is 1.60. The van der Waals surface area contributed by atoms with Gasteiger partial charge in [0.15, 0.2) is 0 Å². The SMILES string of the molecule is C=CS(=O)CCS(C)=O. The van der Waals surface area contributed by atoms with Crippen LogP contribution in [0.4, 0.5) is 0 Å². The van der Waals surface area contributed by atoms with E-state index in [0.717, 1.165) is 0 Å². The monoisotopic (exact) mass is 166 g/mol. The van der Waals surface area contributed by atoms with Crippen LogP contribution in [0.15, 0.2) is 12.0 Å². The van der Waals surface area contributed by atoms with E-state index < -0.39 is 21.6 Å². The largest absolute Gasteiger partial charge is 0.260 e. The van der Waals surface area contributed by atoms with Gasteiger partial charge in [-0.15, -0.1) is 0 Å². The molecule has 0 fully saturated rings. The minimum Gasteiger partial charge on any atom is -0.260 e. The second-order valence-electron chi connectivity index (χ2n) is 1.53. The second-order valence-corrected chi connectivity index (χ2v) is 4.59. The molecule has 2 atom stereocenters. The molecule has 0 spiro atoms. The van der Waals surface area contributed by atoms with Gasteiger partial charge in [-0.2, -0.15) is 0 Å². The Morgan fingerprint density at radius 3 is 2.33 bits per heavy atom. The van der Waals surface area contributed by atoms with Gasteiger partial charge < -0.3 is 0 Å². The molecule has 0 saturated heterocycles. The lowest BCUT2D eigenvalue weighted by molar-refractivity contribution is 0.683. The molecule has 0 aromatic rings. The molecule has 0 radical (unpaired) electrons. The molecule has 0 aliphatic carbocycles. The lowest BCUT2D eigenvalue weighted by Gasteiger charge is -1.90. The number of hydrogen-bond acceptors (Lipinski definition) is 2. The minimum atomic E-state index is -0.977. The Labute approximate surface area is 60.3 Å². The third-order valence-electron chi connectivity index (χ3n) is 0.758. The highest BCUT2D eigenvalue weighted by Crippen LogP contribution is 1.83. The van der Waals surface area contributed by atoms with Gasteiger partial charge in [0.2, 0.25) is 0 Å². The summed E-state index contributed by atoms with van der Waals surface area (Å²) in [5, 5.41) is 1.37. The zero-order valence-electron chi connectivity index (χ0n) is 5.33. The fourth-order valence-corrected chi connectivity index (χ4v) is 2.05. The molecule has 0 saturated carbocycles. The molecule has 0 N–H and O–H groups in total. The summed E-state index contributed by atoms with van der Waals surface area (Å²) in [6, 6.07) is 0. The Morgan fingerprint density at radius 2 is 2.00 bits per heavy atom. The first-order valence-corrected chi connectivity index (χ1v) is 5.57. The average Bonchev–Trinajstić information content (AvgIpc) is 1.83. The standard InChI is InChI=1S/C5H10O2S2/c1-3-9(7)5-4-8(2)6/h3H,1,4-5H2,2H3. The summed E-state index contributed by atoms with van der Waals surface area (Å²) in [4.78, 5) is 0. The third kappa shape index (κ3) is 5.92. The van der Waals surface area contributed by atoms with Gasteiger partial charge in [-0.25, -0.2) is 0 Å². The van der Waals surface area contributed by atoms with Crippen molar-refractivity contribution in [1.82, 2.24) is 0 Å². The molecule has 0 heterocycles. The second kappa shape index (κ2) is 4.88. The first-order valence-electron chi connectivity index (χ1n) is 2.46. The zero-order chi connectivity index (χ0) is 7.28. The van der Waals surface area contributed by atoms with Crippen LogP contribution in [0.25, 0.3) is 0 Å². The van der Waals surface area contributed by atoms with E-state index in [0.29, 0.717) is 11.5 Å². The summed E-state index contributed by atoms with van der Waals surface area (Å²) in [5.74, 6) is 0.964. The van der Waals surface area contributed by atoms with Crippen LogP contribution in [0.1, 0.15) is 0 Å². The predicted molar refractivity (Wildman–Crippen MR) is 42.1 cm³/mol. The van der Waals surface area contributed by atoms with Gasteiger partial charge in [0.05, 0.1) is 0 Å². The first-order chi connectivity index (χ1) is 4.16. The van der Waals surface area contributed by atoms with Crippen molar-refractivity contribution in [2.24, 2.45) is 0 Å². The van der Waals surface area contributed by atoms with Crippen molar-refractivity contribution in [3.8, 4) is 0 Å². The lowest BCUT2D eigenvalue weighted by Crippen LogP contribution is -2.03. The van der Waals surface area contributed by atoms with Crippen LogP contribution in [0, 0.1) is 0 Å². The van der Waals surface area contributed by atoms with E-state index in [2.05, 4.69) is 6.58 Å². The summed E-state index contributed by atoms with van der Waals surface area (Å²) in [7, 11) is -1.81. The van der Waals surface area contributed by atoms with E-state index in [-0.39, 0.29) is 0 Å². The molecule has 2 nitrogen and oxygen atoms in total. The molecule has 0 aromatic carbocycles. The highest BCUT2D eigenvalue weighted by molar-refractivity contribution is 7.90. The van der Waals surface area contributed by atoms with Gasteiger partial charge in [-0.1, -0.05) is 6.58 Å². The van der Waals surface area contributed by atoms with E-state index >= 15 is 0 Å². The van der Waals surface area contributed by atoms with Crippen LogP contribution in [0.5, 0.6) is 0 Å². The molecule has 2 unspecified atom stereocenters. The number of rotatable bonds is 4. The normalized spacial score (nSPS) is 16.6. The van der Waals surface area contributed by atoms with E-state index in [1.807, 2.05) is 0 Å². The van der Waals surface area contributed by atoms with Crippen molar-refractivity contribution in [1.29, 1.82) is 0 Å². The zero-order valence-corrected chi connectivity index (χ0v) is 6.96. The third-order valence-corrected chi connectivity index (χ3v) is 2.77. The molecule has 0 aliphatic heterocycles. The van der Waals surface area contributed by atoms with Gasteiger partial charge in [0, 0.05) is 39.4 Å². The summed E-state index contributed by atoms with van der Waals surface area (Å²) < 4.78 is 21.0. The van der Waals surface area contributed by atoms with Gasteiger partial charge in [0.25, 0.3) is 0 Å². The van der Waals surface area contributed by atoms with Crippen LogP contribution < -0.4 is 0 Å². The molecule has 0 aromatic heterocycles. The quantitative estimate of drug-likeness (QED) is 0.600. The highest BCUT2D eigenvalue weighted by atomic mass is 32.2. The maximum atomic E-state index is 10.6. The van der Waals surface area contributed by atoms with Gasteiger partial charge in [0.1, 0.15) is 0 Å². The van der Waals surface area contributed by atoms with Crippen molar-refractivity contribution in [3.63, 3.8) is 0 Å². The van der Waals surface area contributed by atoms with Crippen LogP contribution in [0.2, 0.25) is 0 Å². The first kappa shape index (κ1) is 9.04. The van der Waals surface area contributed by atoms with Crippen LogP contribution >= 0.6 is 0 Å². The summed E-state index contributed by atoms with van der Waals surface area (Å²) in [5.41, 5.74) is 0. The molecule has 9 heavy (non-hydrogen) atoms. The van der Waals surface area contributed by atoms with Crippen LogP contribution in [-0.2, 0) is 21.6 Å². The lowest BCUT2D eigenvalue weighted by atomic mass is 11.0. The highest BCUT2D eigenvalue weighted by Gasteiger charge is 1.94. The van der Waals surface area contributed by atoms with Crippen LogP contribution in [0.3, 0.4) is 0 Å². The Hall–Kier alpha value is 0.0400. The molecule has 0 rings (SSSR count). The Balaban J connectivity index is 3.39. The average molecular weight is 166 g/mol. The van der Waals surface area contributed by atoms with E-state index in [9.17, 15) is 8.42 Å². The van der Waals surface area contributed by atoms with Gasteiger partial charge in [-0.3, -0.25) is 8.42 Å². The van der Waals surface area contributed by atoms with Gasteiger partial charge >= 0.3 is 0 Å². The number of hydrogen-bond donors (Lipinski definition) is 0. The molecule has 4 heteroatoms. The van der Waals surface area contributed by atoms with E-state index in [4.69, 9.17) is 0 Å². The van der Waals surface area contributed by atoms with E-state index in [1.54, 1.807) is 6.26 Å². The fraction of sp³-hybridized carbons (Fsp3) is 0.600. The smallest absolute Gasteiger partial charge is 0.0459 e.